The number of nitrogens with two attached hydrogens (primary N) is 1. The van der Waals surface area contributed by atoms with Gasteiger partial charge in [-0.3, -0.25) is 0 Å². The molecule has 1 amide bonds. The fourth-order valence-electron chi connectivity index (χ4n) is 0.868. The standard InChI is InChI=1S/C9H10F2N2O2/c10-6-1-2-8(7(11)5-6)15-9(14)13-4-3-12/h1-2,5H,3-4,12H2,(H,13,14). The van der Waals surface area contributed by atoms with E-state index in [1.54, 1.807) is 0 Å². The van der Waals surface area contributed by atoms with E-state index in [2.05, 4.69) is 10.1 Å². The van der Waals surface area contributed by atoms with E-state index in [9.17, 15) is 13.6 Å². The predicted octanol–water partition coefficient (Wildman–Crippen LogP) is 1.01. The molecule has 0 atom stereocenters. The minimum Gasteiger partial charge on any atom is -0.407 e. The molecule has 0 aliphatic rings. The Bertz CT molecular complexity index is 358. The number of nitrogens with one attached hydrogen (secondary N) is 1. The van der Waals surface area contributed by atoms with Crippen LogP contribution in [0.15, 0.2) is 18.2 Å². The molecule has 0 radical (unpaired) electrons. The van der Waals surface area contributed by atoms with Gasteiger partial charge < -0.3 is 15.8 Å². The monoisotopic (exact) mass is 216 g/mol. The van der Waals surface area contributed by atoms with Crippen LogP contribution < -0.4 is 15.8 Å². The second-order valence-electron chi connectivity index (χ2n) is 2.68. The molecule has 15 heavy (non-hydrogen) atoms. The van der Waals surface area contributed by atoms with Crippen LogP contribution in [0.25, 0.3) is 0 Å². The summed E-state index contributed by atoms with van der Waals surface area (Å²) in [6.45, 7) is 0.475. The SMILES string of the molecule is NCCNC(=O)Oc1ccc(F)cc1F. The van der Waals surface area contributed by atoms with Gasteiger partial charge in [-0.25, -0.2) is 13.6 Å². The van der Waals surface area contributed by atoms with Crippen molar-refractivity contribution in [3.63, 3.8) is 0 Å². The number of halogens is 2. The molecule has 0 bridgehead atoms. The largest absolute Gasteiger partial charge is 0.412 e. The molecule has 3 N–H and O–H groups in total. The highest BCUT2D eigenvalue weighted by molar-refractivity contribution is 5.70. The zero-order valence-electron chi connectivity index (χ0n) is 7.80. The molecular weight excluding hydrogens is 206 g/mol. The topological polar surface area (TPSA) is 64.3 Å². The number of rotatable bonds is 3. The molecule has 0 aromatic heterocycles. The first-order valence-electron chi connectivity index (χ1n) is 4.24. The molecule has 0 aliphatic carbocycles. The summed E-state index contributed by atoms with van der Waals surface area (Å²) in [5, 5.41) is 2.28. The van der Waals surface area contributed by atoms with E-state index in [0.29, 0.717) is 6.07 Å². The van der Waals surface area contributed by atoms with Crippen LogP contribution in [-0.4, -0.2) is 19.2 Å². The van der Waals surface area contributed by atoms with Crippen molar-refractivity contribution >= 4 is 6.09 Å². The van der Waals surface area contributed by atoms with Crippen LogP contribution in [0.4, 0.5) is 13.6 Å². The molecule has 1 rings (SSSR count). The first-order chi connectivity index (χ1) is 7.13. The van der Waals surface area contributed by atoms with Crippen LogP contribution >= 0.6 is 0 Å². The summed E-state index contributed by atoms with van der Waals surface area (Å²) in [7, 11) is 0. The first-order valence-corrected chi connectivity index (χ1v) is 4.24. The second kappa shape index (κ2) is 5.26. The van der Waals surface area contributed by atoms with E-state index in [1.165, 1.54) is 0 Å². The van der Waals surface area contributed by atoms with E-state index >= 15 is 0 Å². The Morgan fingerprint density at radius 3 is 2.80 bits per heavy atom. The van der Waals surface area contributed by atoms with Gasteiger partial charge >= 0.3 is 6.09 Å². The van der Waals surface area contributed by atoms with Gasteiger partial charge in [-0.15, -0.1) is 0 Å². The molecule has 0 saturated carbocycles. The van der Waals surface area contributed by atoms with Crippen molar-refractivity contribution in [2.24, 2.45) is 5.73 Å². The maximum atomic E-state index is 13.0. The molecule has 4 nitrogen and oxygen atoms in total. The van der Waals surface area contributed by atoms with E-state index in [4.69, 9.17) is 5.73 Å². The van der Waals surface area contributed by atoms with Crippen LogP contribution in [-0.2, 0) is 0 Å². The van der Waals surface area contributed by atoms with Gasteiger partial charge in [0.15, 0.2) is 11.6 Å². The molecule has 82 valence electrons. The number of carbonyl (C=O) groups is 1. The number of carbonyl (C=O) groups excluding carboxylic acids is 1. The van der Waals surface area contributed by atoms with Gasteiger partial charge in [0.2, 0.25) is 0 Å². The lowest BCUT2D eigenvalue weighted by Crippen LogP contribution is -2.31. The smallest absolute Gasteiger partial charge is 0.407 e. The van der Waals surface area contributed by atoms with Gasteiger partial charge in [-0.1, -0.05) is 0 Å². The lowest BCUT2D eigenvalue weighted by molar-refractivity contribution is 0.198. The Morgan fingerprint density at radius 1 is 1.47 bits per heavy atom. The lowest BCUT2D eigenvalue weighted by atomic mass is 10.3. The van der Waals surface area contributed by atoms with Crippen LogP contribution in [0.3, 0.4) is 0 Å². The molecule has 0 spiro atoms. The van der Waals surface area contributed by atoms with Gasteiger partial charge in [0.1, 0.15) is 5.82 Å². The third kappa shape index (κ3) is 3.51. The molecule has 0 fully saturated rings. The molecule has 6 heteroatoms. The fourth-order valence-corrected chi connectivity index (χ4v) is 0.868. The van der Waals surface area contributed by atoms with E-state index < -0.39 is 17.7 Å². The van der Waals surface area contributed by atoms with Crippen LogP contribution in [0.1, 0.15) is 0 Å². The minimum absolute atomic E-state index is 0.224. The number of amides is 1. The van der Waals surface area contributed by atoms with Crippen LogP contribution in [0.2, 0.25) is 0 Å². The lowest BCUT2D eigenvalue weighted by Gasteiger charge is -2.05. The molecule has 0 unspecified atom stereocenters. The van der Waals surface area contributed by atoms with Gasteiger partial charge in [0, 0.05) is 19.2 Å². The summed E-state index contributed by atoms with van der Waals surface area (Å²) in [4.78, 5) is 11.0. The summed E-state index contributed by atoms with van der Waals surface area (Å²) >= 11 is 0. The average molecular weight is 216 g/mol. The van der Waals surface area contributed by atoms with Crippen molar-refractivity contribution in [3.05, 3.63) is 29.8 Å². The Labute approximate surface area is 85.0 Å². The Morgan fingerprint density at radius 2 is 2.20 bits per heavy atom. The second-order valence-corrected chi connectivity index (χ2v) is 2.68. The summed E-state index contributed by atoms with van der Waals surface area (Å²) in [6, 6.07) is 2.66. The highest BCUT2D eigenvalue weighted by Crippen LogP contribution is 2.17. The normalized spacial score (nSPS) is 9.80. The van der Waals surface area contributed by atoms with Crippen molar-refractivity contribution in [2.45, 2.75) is 0 Å². The van der Waals surface area contributed by atoms with Crippen LogP contribution in [0.5, 0.6) is 5.75 Å². The number of ether oxygens (including phenoxy) is 1. The zero-order valence-corrected chi connectivity index (χ0v) is 7.80. The van der Waals surface area contributed by atoms with Crippen molar-refractivity contribution in [1.29, 1.82) is 0 Å². The Hall–Kier alpha value is -1.69. The first kappa shape index (κ1) is 11.4. The van der Waals surface area contributed by atoms with Crippen molar-refractivity contribution in [2.75, 3.05) is 13.1 Å². The summed E-state index contributed by atoms with van der Waals surface area (Å²) < 4.78 is 30.0. The van der Waals surface area contributed by atoms with Crippen molar-refractivity contribution in [1.82, 2.24) is 5.32 Å². The summed E-state index contributed by atoms with van der Waals surface area (Å²) in [5.74, 6) is -1.99. The number of hydrogen-bond acceptors (Lipinski definition) is 3. The number of hydrogen-bond donors (Lipinski definition) is 2. The van der Waals surface area contributed by atoms with Gasteiger partial charge in [0.25, 0.3) is 0 Å². The molecular formula is C9H10F2N2O2. The molecule has 0 saturated heterocycles. The maximum Gasteiger partial charge on any atom is 0.412 e. The highest BCUT2D eigenvalue weighted by atomic mass is 19.1. The molecule has 0 aliphatic heterocycles. The third-order valence-corrected chi connectivity index (χ3v) is 1.51. The average Bonchev–Trinajstić information content (AvgIpc) is 2.19. The Kier molecular flexibility index (Phi) is 3.99. The van der Waals surface area contributed by atoms with Gasteiger partial charge in [-0.2, -0.15) is 0 Å². The molecule has 0 heterocycles. The highest BCUT2D eigenvalue weighted by Gasteiger charge is 2.09. The number of benzene rings is 1. The van der Waals surface area contributed by atoms with E-state index in [-0.39, 0.29) is 18.8 Å². The summed E-state index contributed by atoms with van der Waals surface area (Å²) in [6.07, 6.45) is -0.828. The summed E-state index contributed by atoms with van der Waals surface area (Å²) in [5.41, 5.74) is 5.13. The van der Waals surface area contributed by atoms with Gasteiger partial charge in [0.05, 0.1) is 0 Å². The zero-order chi connectivity index (χ0) is 11.3. The van der Waals surface area contributed by atoms with E-state index in [1.807, 2.05) is 0 Å². The Balaban J connectivity index is 2.60. The minimum atomic E-state index is -0.933. The van der Waals surface area contributed by atoms with E-state index in [0.717, 1.165) is 12.1 Å². The molecule has 1 aromatic carbocycles. The fraction of sp³-hybridized carbons (Fsp3) is 0.222. The quantitative estimate of drug-likeness (QED) is 0.792. The van der Waals surface area contributed by atoms with Crippen LogP contribution in [0, 0.1) is 11.6 Å². The van der Waals surface area contributed by atoms with Crippen molar-refractivity contribution in [3.8, 4) is 5.75 Å². The predicted molar refractivity (Wildman–Crippen MR) is 49.4 cm³/mol. The van der Waals surface area contributed by atoms with Crippen molar-refractivity contribution < 1.29 is 18.3 Å². The van der Waals surface area contributed by atoms with Gasteiger partial charge in [-0.05, 0) is 12.1 Å². The molecule has 1 aromatic rings. The third-order valence-electron chi connectivity index (χ3n) is 1.51. The maximum absolute atomic E-state index is 13.0.